The average Bonchev–Trinajstić information content (AvgIpc) is 3.24. The van der Waals surface area contributed by atoms with Gasteiger partial charge in [-0.1, -0.05) is 50.2 Å². The van der Waals surface area contributed by atoms with Crippen molar-refractivity contribution >= 4 is 6.03 Å². The van der Waals surface area contributed by atoms with Crippen molar-refractivity contribution in [3.05, 3.63) is 71.0 Å². The second-order valence-electron chi connectivity index (χ2n) is 8.99. The molecular weight excluding hydrogens is 446 g/mol. The van der Waals surface area contributed by atoms with Gasteiger partial charge in [0.1, 0.15) is 5.82 Å². The second-order valence-corrected chi connectivity index (χ2v) is 8.99. The van der Waals surface area contributed by atoms with Gasteiger partial charge in [0.15, 0.2) is 0 Å². The summed E-state index contributed by atoms with van der Waals surface area (Å²) in [4.78, 5) is 19.1. The van der Waals surface area contributed by atoms with Gasteiger partial charge in [0.05, 0.1) is 5.56 Å². The molecule has 0 aromatic heterocycles. The van der Waals surface area contributed by atoms with Crippen molar-refractivity contribution in [2.24, 2.45) is 0 Å². The van der Waals surface area contributed by atoms with E-state index in [0.717, 1.165) is 30.5 Å². The summed E-state index contributed by atoms with van der Waals surface area (Å²) in [7, 11) is 1.88. The first-order valence-corrected chi connectivity index (χ1v) is 11.8. The molecule has 0 spiro atoms. The molecule has 34 heavy (non-hydrogen) atoms. The van der Waals surface area contributed by atoms with E-state index in [-0.39, 0.29) is 24.5 Å². The monoisotopic (exact) mass is 479 g/mol. The fourth-order valence-electron chi connectivity index (χ4n) is 4.75. The summed E-state index contributed by atoms with van der Waals surface area (Å²) >= 11 is 0. The van der Waals surface area contributed by atoms with Crippen molar-refractivity contribution in [2.45, 2.75) is 51.4 Å². The van der Waals surface area contributed by atoms with Crippen molar-refractivity contribution < 1.29 is 22.4 Å². The van der Waals surface area contributed by atoms with E-state index in [1.54, 1.807) is 0 Å². The summed E-state index contributed by atoms with van der Waals surface area (Å²) in [5.41, 5.74) is 0.305. The number of urea groups is 1. The second kappa shape index (κ2) is 11.2. The number of alkyl halides is 3. The highest BCUT2D eigenvalue weighted by molar-refractivity contribution is 5.75. The van der Waals surface area contributed by atoms with Gasteiger partial charge in [-0.15, -0.1) is 0 Å². The maximum Gasteiger partial charge on any atom is 0.419 e. The van der Waals surface area contributed by atoms with Crippen LogP contribution in [0.15, 0.2) is 48.5 Å². The van der Waals surface area contributed by atoms with Gasteiger partial charge in [-0.3, -0.25) is 4.90 Å². The summed E-state index contributed by atoms with van der Waals surface area (Å²) in [5.74, 6) is -1.23. The average molecular weight is 480 g/mol. The molecule has 0 aliphatic carbocycles. The summed E-state index contributed by atoms with van der Waals surface area (Å²) < 4.78 is 52.9. The first kappa shape index (κ1) is 26.0. The molecule has 2 aromatic rings. The molecule has 0 bridgehead atoms. The van der Waals surface area contributed by atoms with Crippen molar-refractivity contribution in [3.63, 3.8) is 0 Å². The maximum absolute atomic E-state index is 14.1. The lowest BCUT2D eigenvalue weighted by atomic mass is 9.93. The molecule has 0 unspecified atom stereocenters. The molecule has 1 aliphatic rings. The van der Waals surface area contributed by atoms with Crippen LogP contribution in [0.25, 0.3) is 0 Å². The third-order valence-corrected chi connectivity index (χ3v) is 6.38. The Morgan fingerprint density at radius 2 is 1.68 bits per heavy atom. The third kappa shape index (κ3) is 6.09. The van der Waals surface area contributed by atoms with E-state index in [4.69, 9.17) is 0 Å². The fourth-order valence-corrected chi connectivity index (χ4v) is 4.75. The van der Waals surface area contributed by atoms with Gasteiger partial charge in [-0.05, 0) is 43.1 Å². The number of likely N-dealkylation sites (N-methyl/N-ethyl adjacent to an activating group) is 1. The minimum absolute atomic E-state index is 0.0149. The lowest BCUT2D eigenvalue weighted by molar-refractivity contribution is -0.140. The quantitative estimate of drug-likeness (QED) is 0.435. The van der Waals surface area contributed by atoms with E-state index in [1.165, 1.54) is 6.07 Å². The van der Waals surface area contributed by atoms with Gasteiger partial charge in [-0.2, -0.15) is 13.2 Å². The zero-order valence-corrected chi connectivity index (χ0v) is 20.0. The first-order chi connectivity index (χ1) is 16.2. The van der Waals surface area contributed by atoms with Gasteiger partial charge >= 0.3 is 12.2 Å². The Morgan fingerprint density at radius 3 is 2.24 bits per heavy atom. The van der Waals surface area contributed by atoms with Crippen molar-refractivity contribution in [2.75, 3.05) is 33.2 Å². The van der Waals surface area contributed by atoms with Crippen LogP contribution < -0.4 is 0 Å². The van der Waals surface area contributed by atoms with Gasteiger partial charge in [0.2, 0.25) is 0 Å². The third-order valence-electron chi connectivity index (χ3n) is 6.38. The Morgan fingerprint density at radius 1 is 1.03 bits per heavy atom. The molecule has 1 heterocycles. The van der Waals surface area contributed by atoms with Gasteiger partial charge in [-0.25, -0.2) is 9.18 Å². The number of hydrogen-bond donors (Lipinski definition) is 0. The van der Waals surface area contributed by atoms with Gasteiger partial charge in [0.25, 0.3) is 0 Å². The van der Waals surface area contributed by atoms with Crippen molar-refractivity contribution in [1.82, 2.24) is 14.7 Å². The lowest BCUT2D eigenvalue weighted by Gasteiger charge is -2.30. The highest BCUT2D eigenvalue weighted by Gasteiger charge is 2.40. The van der Waals surface area contributed by atoms with Crippen LogP contribution in [0.4, 0.5) is 22.4 Å². The van der Waals surface area contributed by atoms with Crippen LogP contribution in [0.1, 0.15) is 49.3 Å². The normalized spacial score (nSPS) is 18.5. The number of benzene rings is 2. The van der Waals surface area contributed by atoms with Crippen molar-refractivity contribution in [1.29, 1.82) is 0 Å². The number of rotatable bonds is 8. The molecule has 2 atom stereocenters. The van der Waals surface area contributed by atoms with E-state index < -0.39 is 17.6 Å². The molecule has 2 amide bonds. The number of likely N-dealkylation sites (tertiary alicyclic amines) is 1. The van der Waals surface area contributed by atoms with Crippen LogP contribution in [0.5, 0.6) is 0 Å². The number of hydrogen-bond acceptors (Lipinski definition) is 2. The van der Waals surface area contributed by atoms with Gasteiger partial charge in [0, 0.05) is 44.7 Å². The SMILES string of the molecule is CCCN(CCC)C(=O)N1C[C@H](c2ccccc2)[C@@H](N(C)Cc2ccc(C(F)(F)F)c(F)c2)C1. The largest absolute Gasteiger partial charge is 0.419 e. The lowest BCUT2D eigenvalue weighted by Crippen LogP contribution is -2.44. The Balaban J connectivity index is 1.82. The van der Waals surface area contributed by atoms with Crippen LogP contribution in [0, 0.1) is 5.82 Å². The molecule has 8 heteroatoms. The summed E-state index contributed by atoms with van der Waals surface area (Å²) in [6, 6.07) is 13.0. The zero-order valence-electron chi connectivity index (χ0n) is 20.0. The highest BCUT2D eigenvalue weighted by atomic mass is 19.4. The van der Waals surface area contributed by atoms with Crippen LogP contribution in [0.2, 0.25) is 0 Å². The molecule has 1 aliphatic heterocycles. The Labute approximate surface area is 199 Å². The number of halogens is 4. The van der Waals surface area contributed by atoms with E-state index in [1.807, 2.05) is 65.9 Å². The summed E-state index contributed by atoms with van der Waals surface area (Å²) in [6.45, 7) is 6.83. The van der Waals surface area contributed by atoms with Gasteiger partial charge < -0.3 is 9.80 Å². The minimum Gasteiger partial charge on any atom is -0.325 e. The fraction of sp³-hybridized carbons (Fsp3) is 0.500. The van der Waals surface area contributed by atoms with E-state index >= 15 is 0 Å². The number of carbonyl (C=O) groups is 1. The first-order valence-electron chi connectivity index (χ1n) is 11.8. The molecule has 1 fully saturated rings. The Bertz CT molecular complexity index is 945. The van der Waals surface area contributed by atoms with Crippen LogP contribution in [-0.2, 0) is 12.7 Å². The van der Waals surface area contributed by atoms with Crippen LogP contribution in [0.3, 0.4) is 0 Å². The highest BCUT2D eigenvalue weighted by Crippen LogP contribution is 2.34. The molecule has 3 rings (SSSR count). The predicted molar refractivity (Wildman–Crippen MR) is 125 cm³/mol. The van der Waals surface area contributed by atoms with E-state index in [9.17, 15) is 22.4 Å². The molecule has 186 valence electrons. The van der Waals surface area contributed by atoms with Crippen LogP contribution >= 0.6 is 0 Å². The molecule has 0 radical (unpaired) electrons. The summed E-state index contributed by atoms with van der Waals surface area (Å²) in [5, 5.41) is 0. The Kier molecular flexibility index (Phi) is 8.57. The molecular formula is C26H33F4N3O. The number of carbonyl (C=O) groups excluding carboxylic acids is 1. The molecule has 2 aromatic carbocycles. The predicted octanol–water partition coefficient (Wildman–Crippen LogP) is 5.99. The smallest absolute Gasteiger partial charge is 0.325 e. The standard InChI is InChI=1S/C26H33F4N3O/c1-4-13-32(14-5-2)25(34)33-17-21(20-9-7-6-8-10-20)24(18-33)31(3)16-19-11-12-22(23(27)15-19)26(28,29)30/h6-12,15,21,24H,4-5,13-14,16-18H2,1-3H3/t21-,24+/m1/s1. The number of amides is 2. The van der Waals surface area contributed by atoms with Crippen LogP contribution in [-0.4, -0.2) is 60.0 Å². The zero-order chi connectivity index (χ0) is 24.9. The topological polar surface area (TPSA) is 26.8 Å². The Hall–Kier alpha value is -2.61. The molecule has 0 saturated carbocycles. The molecule has 1 saturated heterocycles. The maximum atomic E-state index is 14.1. The molecule has 0 N–H and O–H groups in total. The van der Waals surface area contributed by atoms with Crippen molar-refractivity contribution in [3.8, 4) is 0 Å². The summed E-state index contributed by atoms with van der Waals surface area (Å²) in [6.07, 6.45) is -2.96. The van der Waals surface area contributed by atoms with E-state index in [2.05, 4.69) is 0 Å². The minimum atomic E-state index is -4.72. The van der Waals surface area contributed by atoms with E-state index in [0.29, 0.717) is 31.7 Å². The molecule has 4 nitrogen and oxygen atoms in total. The number of nitrogens with zero attached hydrogens (tertiary/aromatic N) is 3.